The molecule has 0 saturated carbocycles. The number of aryl methyl sites for hydroxylation is 2. The molecule has 0 aromatic heterocycles. The largest absolute Gasteiger partial charge is 0.372 e. The lowest BCUT2D eigenvalue weighted by molar-refractivity contribution is -0.116. The fourth-order valence-electron chi connectivity index (χ4n) is 4.55. The molecule has 4 rings (SSSR count). The Morgan fingerprint density at radius 1 is 0.970 bits per heavy atom. The molecule has 33 heavy (non-hydrogen) atoms. The van der Waals surface area contributed by atoms with Crippen molar-refractivity contribution in [2.24, 2.45) is 5.92 Å². The van der Waals surface area contributed by atoms with E-state index in [1.54, 1.807) is 26.0 Å². The quantitative estimate of drug-likeness (QED) is 0.687. The maximum atomic E-state index is 13.2. The van der Waals surface area contributed by atoms with Gasteiger partial charge in [0.05, 0.1) is 16.3 Å². The monoisotopic (exact) mass is 491 g/mol. The van der Waals surface area contributed by atoms with Crippen molar-refractivity contribution in [1.82, 2.24) is 0 Å². The van der Waals surface area contributed by atoms with Gasteiger partial charge in [0.1, 0.15) is 0 Å². The summed E-state index contributed by atoms with van der Waals surface area (Å²) in [5.41, 5.74) is 2.42. The number of anilines is 3. The van der Waals surface area contributed by atoms with E-state index in [2.05, 4.69) is 16.5 Å². The average Bonchev–Trinajstić information content (AvgIpc) is 3.00. The molecule has 2 aliphatic heterocycles. The number of hydrogen-bond donors (Lipinski definition) is 1. The van der Waals surface area contributed by atoms with Gasteiger partial charge in [-0.15, -0.1) is 0 Å². The molecule has 0 bridgehead atoms. The minimum atomic E-state index is -3.92. The molecule has 1 N–H and O–H groups in total. The molecule has 2 saturated heterocycles. The highest BCUT2D eigenvalue weighted by Gasteiger charge is 2.37. The summed E-state index contributed by atoms with van der Waals surface area (Å²) in [6.45, 7) is 7.43. The van der Waals surface area contributed by atoms with Crippen LogP contribution in [0.4, 0.5) is 17.1 Å². The molecule has 1 amide bonds. The molecular weight excluding hydrogens is 462 g/mol. The zero-order valence-corrected chi connectivity index (χ0v) is 20.7. The van der Waals surface area contributed by atoms with E-state index < -0.39 is 26.0 Å². The number of piperidine rings is 1. The fraction of sp³-hybridized carbons (Fsp3) is 0.435. The zero-order valence-electron chi connectivity index (χ0n) is 19.0. The number of sulfonamides is 2. The first kappa shape index (κ1) is 23.6. The van der Waals surface area contributed by atoms with Gasteiger partial charge in [-0.05, 0) is 80.1 Å². The molecule has 2 aliphatic rings. The predicted octanol–water partition coefficient (Wildman–Crippen LogP) is 3.41. The molecule has 0 unspecified atom stereocenters. The highest BCUT2D eigenvalue weighted by molar-refractivity contribution is 7.94. The second-order valence-corrected chi connectivity index (χ2v) is 12.5. The maximum Gasteiger partial charge on any atom is 0.262 e. The lowest BCUT2D eigenvalue weighted by Crippen LogP contribution is -2.32. The summed E-state index contributed by atoms with van der Waals surface area (Å²) in [4.78, 5) is 14.5. The number of benzene rings is 2. The summed E-state index contributed by atoms with van der Waals surface area (Å²) < 4.78 is 54.2. The third kappa shape index (κ3) is 4.72. The minimum absolute atomic E-state index is 0.0735. The zero-order chi connectivity index (χ0) is 24.0. The molecule has 8 nitrogen and oxygen atoms in total. The molecule has 178 valence electrons. The van der Waals surface area contributed by atoms with Crippen molar-refractivity contribution < 1.29 is 21.6 Å². The molecule has 2 fully saturated rings. The number of nitrogens with one attached hydrogen (secondary N) is 1. The van der Waals surface area contributed by atoms with Crippen molar-refractivity contribution in [2.75, 3.05) is 32.8 Å². The van der Waals surface area contributed by atoms with Crippen molar-refractivity contribution in [3.05, 3.63) is 47.5 Å². The van der Waals surface area contributed by atoms with Crippen LogP contribution in [0.25, 0.3) is 0 Å². The number of carbonyl (C=O) groups is 1. The third-order valence-corrected chi connectivity index (χ3v) is 9.67. The Kier molecular flexibility index (Phi) is 6.17. The second kappa shape index (κ2) is 8.64. The summed E-state index contributed by atoms with van der Waals surface area (Å²) in [6.07, 6.45) is 2.22. The molecule has 0 radical (unpaired) electrons. The number of hydrogen-bond acceptors (Lipinski definition) is 6. The van der Waals surface area contributed by atoms with Gasteiger partial charge < -0.3 is 4.90 Å². The SMILES string of the molecule is Cc1cc(N2C(=O)CCS2(=O)=O)cc(C)c1S(=O)(=O)Nc1ccc(N2CCC(C)CC2)cc1. The fourth-order valence-corrected chi connectivity index (χ4v) is 7.51. The van der Waals surface area contributed by atoms with Crippen LogP contribution < -0.4 is 13.9 Å². The van der Waals surface area contributed by atoms with Gasteiger partial charge in [0.2, 0.25) is 15.9 Å². The highest BCUT2D eigenvalue weighted by Crippen LogP contribution is 2.32. The summed E-state index contributed by atoms with van der Waals surface area (Å²) in [6, 6.07) is 10.2. The normalized spacial score (nSPS) is 19.2. The van der Waals surface area contributed by atoms with Gasteiger partial charge in [-0.2, -0.15) is 0 Å². The Hall–Kier alpha value is -2.59. The van der Waals surface area contributed by atoms with E-state index >= 15 is 0 Å². The van der Waals surface area contributed by atoms with Gasteiger partial charge in [0.25, 0.3) is 10.0 Å². The van der Waals surface area contributed by atoms with Crippen LogP contribution >= 0.6 is 0 Å². The first-order valence-corrected chi connectivity index (χ1v) is 14.1. The van der Waals surface area contributed by atoms with E-state index in [9.17, 15) is 21.6 Å². The number of rotatable bonds is 5. The predicted molar refractivity (Wildman–Crippen MR) is 130 cm³/mol. The Labute approximate surface area is 195 Å². The van der Waals surface area contributed by atoms with Crippen molar-refractivity contribution in [3.8, 4) is 0 Å². The molecule has 2 aromatic carbocycles. The van der Waals surface area contributed by atoms with Crippen LogP contribution in [-0.4, -0.2) is 41.6 Å². The van der Waals surface area contributed by atoms with Gasteiger partial charge >= 0.3 is 0 Å². The van der Waals surface area contributed by atoms with Crippen LogP contribution in [0, 0.1) is 19.8 Å². The van der Waals surface area contributed by atoms with E-state index in [-0.39, 0.29) is 22.8 Å². The first-order valence-electron chi connectivity index (χ1n) is 11.0. The van der Waals surface area contributed by atoms with E-state index in [0.717, 1.165) is 41.8 Å². The molecule has 0 aliphatic carbocycles. The minimum Gasteiger partial charge on any atom is -0.372 e. The van der Waals surface area contributed by atoms with Gasteiger partial charge in [-0.25, -0.2) is 21.1 Å². The average molecular weight is 492 g/mol. The topological polar surface area (TPSA) is 104 Å². The Morgan fingerprint density at radius 2 is 1.55 bits per heavy atom. The van der Waals surface area contributed by atoms with Crippen LogP contribution in [0.15, 0.2) is 41.3 Å². The number of carbonyl (C=O) groups excluding carboxylic acids is 1. The second-order valence-electron chi connectivity index (χ2n) is 8.95. The van der Waals surface area contributed by atoms with Crippen LogP contribution in [0.1, 0.15) is 37.3 Å². The first-order chi connectivity index (χ1) is 15.5. The molecule has 10 heteroatoms. The van der Waals surface area contributed by atoms with Crippen molar-refractivity contribution >= 4 is 43.0 Å². The van der Waals surface area contributed by atoms with E-state index in [4.69, 9.17) is 0 Å². The Morgan fingerprint density at radius 3 is 2.06 bits per heavy atom. The van der Waals surface area contributed by atoms with Crippen molar-refractivity contribution in [2.45, 2.75) is 44.9 Å². The van der Waals surface area contributed by atoms with Crippen molar-refractivity contribution in [1.29, 1.82) is 0 Å². The van der Waals surface area contributed by atoms with Crippen molar-refractivity contribution in [3.63, 3.8) is 0 Å². The smallest absolute Gasteiger partial charge is 0.262 e. The van der Waals surface area contributed by atoms with Crippen LogP contribution in [-0.2, 0) is 24.8 Å². The summed E-state index contributed by atoms with van der Waals surface area (Å²) in [5, 5.41) is 0. The highest BCUT2D eigenvalue weighted by atomic mass is 32.2. The molecule has 2 aromatic rings. The maximum absolute atomic E-state index is 13.2. The summed E-state index contributed by atoms with van der Waals surface area (Å²) in [7, 11) is -7.64. The van der Waals surface area contributed by atoms with Crippen LogP contribution in [0.2, 0.25) is 0 Å². The molecule has 0 spiro atoms. The number of nitrogens with zero attached hydrogens (tertiary/aromatic N) is 2. The molecule has 0 atom stereocenters. The standard InChI is InChI=1S/C23H29N3O5S2/c1-16-8-11-25(12-9-16)20-6-4-19(5-7-20)24-33(30,31)23-17(2)14-21(15-18(23)3)26-22(27)10-13-32(26,28)29/h4-7,14-16,24H,8-13H2,1-3H3. The van der Waals surface area contributed by atoms with E-state index in [1.165, 1.54) is 12.1 Å². The third-order valence-electron chi connectivity index (χ3n) is 6.30. The number of amides is 1. The van der Waals surface area contributed by atoms with Crippen LogP contribution in [0.5, 0.6) is 0 Å². The summed E-state index contributed by atoms with van der Waals surface area (Å²) >= 11 is 0. The van der Waals surface area contributed by atoms with Gasteiger partial charge in [0, 0.05) is 30.9 Å². The van der Waals surface area contributed by atoms with Gasteiger partial charge in [-0.3, -0.25) is 9.52 Å². The lowest BCUT2D eigenvalue weighted by Gasteiger charge is -2.32. The Bertz CT molecular complexity index is 1260. The molecular formula is C23H29N3O5S2. The summed E-state index contributed by atoms with van der Waals surface area (Å²) in [5.74, 6) is -0.0162. The Balaban J connectivity index is 1.57. The molecule has 2 heterocycles. The lowest BCUT2D eigenvalue weighted by atomic mass is 9.99. The van der Waals surface area contributed by atoms with E-state index in [0.29, 0.717) is 16.8 Å². The van der Waals surface area contributed by atoms with Gasteiger partial charge in [-0.1, -0.05) is 6.92 Å². The van der Waals surface area contributed by atoms with Gasteiger partial charge in [0.15, 0.2) is 0 Å². The van der Waals surface area contributed by atoms with E-state index in [1.807, 2.05) is 12.1 Å². The van der Waals surface area contributed by atoms with Crippen LogP contribution in [0.3, 0.4) is 0 Å².